The Morgan fingerprint density at radius 2 is 1.85 bits per heavy atom. The molecule has 0 bridgehead atoms. The van der Waals surface area contributed by atoms with Gasteiger partial charge in [-0.3, -0.25) is 9.59 Å². The van der Waals surface area contributed by atoms with Gasteiger partial charge in [0.15, 0.2) is 5.78 Å². The molecule has 0 radical (unpaired) electrons. The van der Waals surface area contributed by atoms with Crippen LogP contribution >= 0.6 is 11.3 Å². The molecular formula is C23H17NO2S. The van der Waals surface area contributed by atoms with E-state index in [1.165, 1.54) is 6.08 Å². The van der Waals surface area contributed by atoms with Crippen LogP contribution in [0.3, 0.4) is 0 Å². The molecule has 0 fully saturated rings. The minimum Gasteiger partial charge on any atom is -0.321 e. The second-order valence-electron chi connectivity index (χ2n) is 6.33. The number of thiophene rings is 1. The molecule has 0 aliphatic carbocycles. The van der Waals surface area contributed by atoms with Gasteiger partial charge in [-0.1, -0.05) is 48.5 Å². The van der Waals surface area contributed by atoms with Gasteiger partial charge in [0.05, 0.1) is 5.56 Å². The number of rotatable bonds is 4. The van der Waals surface area contributed by atoms with Crippen LogP contribution in [0.4, 0.5) is 0 Å². The smallest absolute Gasteiger partial charge is 0.260 e. The summed E-state index contributed by atoms with van der Waals surface area (Å²) in [6, 6.07) is 19.3. The number of carbonyl (C=O) groups is 1. The number of ketones is 1. The molecule has 0 unspecified atom stereocenters. The van der Waals surface area contributed by atoms with E-state index >= 15 is 0 Å². The maximum Gasteiger partial charge on any atom is 0.260 e. The van der Waals surface area contributed by atoms with Crippen LogP contribution in [-0.2, 0) is 0 Å². The third kappa shape index (κ3) is 3.39. The molecule has 0 amide bonds. The summed E-state index contributed by atoms with van der Waals surface area (Å²) in [5, 5.41) is 2.81. The number of hydrogen-bond donors (Lipinski definition) is 1. The Kier molecular flexibility index (Phi) is 4.57. The largest absolute Gasteiger partial charge is 0.321 e. The molecule has 0 aliphatic rings. The maximum absolute atomic E-state index is 13.0. The van der Waals surface area contributed by atoms with Crippen LogP contribution in [-0.4, -0.2) is 10.8 Å². The van der Waals surface area contributed by atoms with Crippen molar-refractivity contribution in [1.82, 2.24) is 4.98 Å². The number of carbonyl (C=O) groups excluding carboxylic acids is 1. The lowest BCUT2D eigenvalue weighted by Crippen LogP contribution is -2.18. The van der Waals surface area contributed by atoms with Gasteiger partial charge in [0.2, 0.25) is 0 Å². The topological polar surface area (TPSA) is 49.9 Å². The zero-order valence-corrected chi connectivity index (χ0v) is 15.5. The average molecular weight is 371 g/mol. The second kappa shape index (κ2) is 7.17. The lowest BCUT2D eigenvalue weighted by atomic mass is 9.93. The Hall–Kier alpha value is -3.24. The molecule has 27 heavy (non-hydrogen) atoms. The highest BCUT2D eigenvalue weighted by Gasteiger charge is 2.19. The molecule has 0 aliphatic heterocycles. The van der Waals surface area contributed by atoms with Crippen molar-refractivity contribution in [3.63, 3.8) is 0 Å². The summed E-state index contributed by atoms with van der Waals surface area (Å²) in [7, 11) is 0. The predicted octanol–water partition coefficient (Wildman–Crippen LogP) is 5.46. The first-order chi connectivity index (χ1) is 13.1. The molecule has 2 aromatic carbocycles. The van der Waals surface area contributed by atoms with Crippen molar-refractivity contribution in [2.75, 3.05) is 0 Å². The molecule has 4 rings (SSSR count). The van der Waals surface area contributed by atoms with Gasteiger partial charge in [-0.25, -0.2) is 0 Å². The Bertz CT molecular complexity index is 1200. The van der Waals surface area contributed by atoms with Crippen molar-refractivity contribution in [2.24, 2.45) is 0 Å². The summed E-state index contributed by atoms with van der Waals surface area (Å²) in [6.45, 7) is 1.97. The number of aromatic amines is 1. The molecule has 4 aromatic rings. The summed E-state index contributed by atoms with van der Waals surface area (Å²) < 4.78 is 0. The molecule has 2 heterocycles. The van der Waals surface area contributed by atoms with Gasteiger partial charge < -0.3 is 4.98 Å². The first-order valence-corrected chi connectivity index (χ1v) is 9.49. The Morgan fingerprint density at radius 3 is 2.59 bits per heavy atom. The van der Waals surface area contributed by atoms with E-state index in [0.29, 0.717) is 5.56 Å². The van der Waals surface area contributed by atoms with E-state index < -0.39 is 0 Å². The van der Waals surface area contributed by atoms with Gasteiger partial charge in [0, 0.05) is 21.3 Å². The molecule has 4 heteroatoms. The van der Waals surface area contributed by atoms with Gasteiger partial charge in [0.1, 0.15) is 0 Å². The molecule has 3 nitrogen and oxygen atoms in total. The van der Waals surface area contributed by atoms with E-state index in [1.54, 1.807) is 17.4 Å². The number of H-pyrrole nitrogens is 1. The van der Waals surface area contributed by atoms with Crippen molar-refractivity contribution in [3.8, 4) is 11.1 Å². The Labute approximate surface area is 160 Å². The molecular weight excluding hydrogens is 354 g/mol. The van der Waals surface area contributed by atoms with E-state index in [2.05, 4.69) is 4.98 Å². The van der Waals surface area contributed by atoms with Crippen LogP contribution in [0.5, 0.6) is 0 Å². The lowest BCUT2D eigenvalue weighted by molar-refractivity contribution is 0.104. The van der Waals surface area contributed by atoms with E-state index in [4.69, 9.17) is 0 Å². The highest BCUT2D eigenvalue weighted by atomic mass is 32.1. The monoisotopic (exact) mass is 371 g/mol. The summed E-state index contributed by atoms with van der Waals surface area (Å²) in [5.74, 6) is -0.300. The van der Waals surface area contributed by atoms with Crippen LogP contribution in [0, 0.1) is 6.92 Å². The van der Waals surface area contributed by atoms with Crippen LogP contribution < -0.4 is 5.56 Å². The van der Waals surface area contributed by atoms with Crippen molar-refractivity contribution in [2.45, 2.75) is 6.92 Å². The number of hydrogen-bond acceptors (Lipinski definition) is 3. The lowest BCUT2D eigenvalue weighted by Gasteiger charge is -2.12. The summed E-state index contributed by atoms with van der Waals surface area (Å²) >= 11 is 1.54. The summed E-state index contributed by atoms with van der Waals surface area (Å²) in [4.78, 5) is 29.6. The first-order valence-electron chi connectivity index (χ1n) is 8.61. The molecule has 0 saturated carbocycles. The number of nitrogens with one attached hydrogen (secondary N) is 1. The first kappa shape index (κ1) is 17.2. The van der Waals surface area contributed by atoms with Crippen molar-refractivity contribution in [3.05, 3.63) is 98.5 Å². The normalized spacial score (nSPS) is 11.3. The van der Waals surface area contributed by atoms with Gasteiger partial charge in [-0.15, -0.1) is 11.3 Å². The predicted molar refractivity (Wildman–Crippen MR) is 112 cm³/mol. The Morgan fingerprint density at radius 1 is 1.04 bits per heavy atom. The van der Waals surface area contributed by atoms with Gasteiger partial charge in [-0.2, -0.15) is 0 Å². The molecule has 2 aromatic heterocycles. The number of pyridine rings is 1. The summed E-state index contributed by atoms with van der Waals surface area (Å²) in [6.07, 6.45) is 3.23. The standard InChI is InChI=1S/C23H17NO2S/c1-15-9-11-18-19(14-15)24-23(26)22(21(18)16-6-3-2-4-7-16)20(25)12-10-17-8-5-13-27-17/h2-14H,1H3,(H,24,26)/b12-10+. The van der Waals surface area contributed by atoms with E-state index in [-0.39, 0.29) is 16.9 Å². The van der Waals surface area contributed by atoms with Crippen LogP contribution in [0.1, 0.15) is 20.8 Å². The molecule has 0 atom stereocenters. The fourth-order valence-electron chi connectivity index (χ4n) is 3.18. The fourth-order valence-corrected chi connectivity index (χ4v) is 3.80. The SMILES string of the molecule is Cc1ccc2c(-c3ccccc3)c(C(=O)/C=C/c3cccs3)c(=O)[nH]c2c1. The summed E-state index contributed by atoms with van der Waals surface area (Å²) in [5.41, 5.74) is 3.12. The molecule has 1 N–H and O–H groups in total. The van der Waals surface area contributed by atoms with E-state index in [1.807, 2.05) is 73.0 Å². The molecule has 0 saturated heterocycles. The molecule has 132 valence electrons. The van der Waals surface area contributed by atoms with Crippen molar-refractivity contribution in [1.29, 1.82) is 0 Å². The highest BCUT2D eigenvalue weighted by Crippen LogP contribution is 2.30. The number of aromatic nitrogens is 1. The average Bonchev–Trinajstić information content (AvgIpc) is 3.19. The number of allylic oxidation sites excluding steroid dienone is 1. The van der Waals surface area contributed by atoms with Gasteiger partial charge >= 0.3 is 0 Å². The van der Waals surface area contributed by atoms with Gasteiger partial charge in [0.25, 0.3) is 5.56 Å². The van der Waals surface area contributed by atoms with E-state index in [0.717, 1.165) is 26.9 Å². The highest BCUT2D eigenvalue weighted by molar-refractivity contribution is 7.10. The molecule has 0 spiro atoms. The fraction of sp³-hybridized carbons (Fsp3) is 0.0435. The van der Waals surface area contributed by atoms with Crippen LogP contribution in [0.25, 0.3) is 28.1 Å². The zero-order valence-electron chi connectivity index (χ0n) is 14.7. The number of fused-ring (bicyclic) bond motifs is 1. The minimum absolute atomic E-state index is 0.172. The Balaban J connectivity index is 1.96. The quantitative estimate of drug-likeness (QED) is 0.382. The van der Waals surface area contributed by atoms with Crippen LogP contribution in [0.2, 0.25) is 0 Å². The van der Waals surface area contributed by atoms with Crippen LogP contribution in [0.15, 0.2) is 76.9 Å². The van der Waals surface area contributed by atoms with E-state index in [9.17, 15) is 9.59 Å². The van der Waals surface area contributed by atoms with Gasteiger partial charge in [-0.05, 0) is 47.7 Å². The minimum atomic E-state index is -0.368. The third-order valence-electron chi connectivity index (χ3n) is 4.42. The zero-order chi connectivity index (χ0) is 18.8. The second-order valence-corrected chi connectivity index (χ2v) is 7.31. The maximum atomic E-state index is 13.0. The van der Waals surface area contributed by atoms with Crippen molar-refractivity contribution < 1.29 is 4.79 Å². The van der Waals surface area contributed by atoms with Crippen molar-refractivity contribution >= 4 is 34.1 Å². The number of aryl methyl sites for hydroxylation is 1. The third-order valence-corrected chi connectivity index (χ3v) is 5.26. The number of benzene rings is 2.